The van der Waals surface area contributed by atoms with Gasteiger partial charge in [-0.05, 0) is 18.6 Å². The van der Waals surface area contributed by atoms with Gasteiger partial charge in [-0.3, -0.25) is 4.79 Å². The number of rotatable bonds is 0. The van der Waals surface area contributed by atoms with Gasteiger partial charge in [-0.2, -0.15) is 0 Å². The van der Waals surface area contributed by atoms with E-state index in [4.69, 9.17) is 4.74 Å². The van der Waals surface area contributed by atoms with E-state index in [1.807, 2.05) is 30.3 Å². The van der Waals surface area contributed by atoms with Crippen molar-refractivity contribution in [3.63, 3.8) is 0 Å². The molecule has 0 radical (unpaired) electrons. The van der Waals surface area contributed by atoms with E-state index in [2.05, 4.69) is 6.08 Å². The maximum Gasteiger partial charge on any atom is 0.137 e. The summed E-state index contributed by atoms with van der Waals surface area (Å²) < 4.78 is 5.94. The van der Waals surface area contributed by atoms with Crippen LogP contribution in [0.2, 0.25) is 0 Å². The van der Waals surface area contributed by atoms with E-state index in [-0.39, 0.29) is 5.60 Å². The Balaban J connectivity index is 1.98. The van der Waals surface area contributed by atoms with Gasteiger partial charge in [-0.1, -0.05) is 24.3 Å². The van der Waals surface area contributed by atoms with Crippen molar-refractivity contribution in [2.45, 2.75) is 24.9 Å². The van der Waals surface area contributed by atoms with Crippen LogP contribution in [0.3, 0.4) is 0 Å². The molecule has 15 heavy (non-hydrogen) atoms. The van der Waals surface area contributed by atoms with Gasteiger partial charge < -0.3 is 4.74 Å². The molecule has 1 heterocycles. The summed E-state index contributed by atoms with van der Waals surface area (Å²) in [6.07, 6.45) is 6.10. The van der Waals surface area contributed by atoms with Crippen LogP contribution in [0.15, 0.2) is 30.3 Å². The van der Waals surface area contributed by atoms with Crippen LogP contribution in [-0.2, 0) is 4.79 Å². The number of para-hydroxylation sites is 1. The highest BCUT2D eigenvalue weighted by molar-refractivity contribution is 5.83. The van der Waals surface area contributed by atoms with Gasteiger partial charge in [0.15, 0.2) is 0 Å². The van der Waals surface area contributed by atoms with Gasteiger partial charge in [-0.15, -0.1) is 0 Å². The minimum Gasteiger partial charge on any atom is -0.482 e. The smallest absolute Gasteiger partial charge is 0.137 e. The normalized spacial score (nSPS) is 27.9. The number of ether oxygens (including phenoxy) is 1. The highest BCUT2D eigenvalue weighted by Gasteiger charge is 2.40. The third-order valence-corrected chi connectivity index (χ3v) is 3.12. The molecule has 1 atom stereocenters. The van der Waals surface area contributed by atoms with Crippen LogP contribution in [0.1, 0.15) is 24.8 Å². The third-order valence-electron chi connectivity index (χ3n) is 3.12. The van der Waals surface area contributed by atoms with Crippen LogP contribution in [0.5, 0.6) is 5.75 Å². The Bertz CT molecular complexity index is 448. The second-order valence-corrected chi connectivity index (χ2v) is 4.25. The standard InChI is InChI=1S/C13H12O2/c14-11-6-8-13(9-11)7-5-10-3-1-2-4-12(10)15-13/h1-5,7H,6,8-9H2. The van der Waals surface area contributed by atoms with Gasteiger partial charge in [0.2, 0.25) is 0 Å². The van der Waals surface area contributed by atoms with Crippen LogP contribution in [0.4, 0.5) is 0 Å². The van der Waals surface area contributed by atoms with Crippen molar-refractivity contribution in [1.29, 1.82) is 0 Å². The number of carbonyl (C=O) groups excluding carboxylic acids is 1. The summed E-state index contributed by atoms with van der Waals surface area (Å²) in [5, 5.41) is 0. The van der Waals surface area contributed by atoms with Crippen LogP contribution in [0, 0.1) is 0 Å². The summed E-state index contributed by atoms with van der Waals surface area (Å²) in [6.45, 7) is 0. The van der Waals surface area contributed by atoms with E-state index < -0.39 is 0 Å². The molecule has 1 aromatic carbocycles. The highest BCUT2D eigenvalue weighted by Crippen LogP contribution is 2.39. The van der Waals surface area contributed by atoms with Crippen molar-refractivity contribution in [2.75, 3.05) is 0 Å². The fourth-order valence-electron chi connectivity index (χ4n) is 2.30. The molecule has 0 amide bonds. The number of carbonyl (C=O) groups is 1. The summed E-state index contributed by atoms with van der Waals surface area (Å²) in [5.74, 6) is 1.20. The average molecular weight is 200 g/mol. The maximum absolute atomic E-state index is 11.3. The number of benzene rings is 1. The third kappa shape index (κ3) is 1.37. The molecule has 3 rings (SSSR count). The van der Waals surface area contributed by atoms with Crippen molar-refractivity contribution in [3.05, 3.63) is 35.9 Å². The van der Waals surface area contributed by atoms with E-state index in [0.717, 1.165) is 17.7 Å². The lowest BCUT2D eigenvalue weighted by molar-refractivity contribution is -0.118. The zero-order chi connectivity index (χ0) is 10.3. The molecule has 0 saturated heterocycles. The largest absolute Gasteiger partial charge is 0.482 e. The van der Waals surface area contributed by atoms with Crippen LogP contribution < -0.4 is 4.74 Å². The lowest BCUT2D eigenvalue weighted by Gasteiger charge is -2.30. The van der Waals surface area contributed by atoms with Gasteiger partial charge in [-0.25, -0.2) is 0 Å². The van der Waals surface area contributed by atoms with Crippen molar-refractivity contribution in [1.82, 2.24) is 0 Å². The molecule has 1 unspecified atom stereocenters. The Morgan fingerprint density at radius 3 is 2.93 bits per heavy atom. The molecule has 1 spiro atoms. The van der Waals surface area contributed by atoms with Crippen molar-refractivity contribution in [2.24, 2.45) is 0 Å². The first-order chi connectivity index (χ1) is 7.27. The van der Waals surface area contributed by atoms with Gasteiger partial charge in [0.25, 0.3) is 0 Å². The topological polar surface area (TPSA) is 26.3 Å². The molecule has 1 fully saturated rings. The fraction of sp³-hybridized carbons (Fsp3) is 0.308. The molecule has 2 nitrogen and oxygen atoms in total. The average Bonchev–Trinajstić information content (AvgIpc) is 2.60. The van der Waals surface area contributed by atoms with E-state index >= 15 is 0 Å². The lowest BCUT2D eigenvalue weighted by Crippen LogP contribution is -2.32. The van der Waals surface area contributed by atoms with Crippen molar-refractivity contribution in [3.8, 4) is 5.75 Å². The first-order valence-electron chi connectivity index (χ1n) is 5.26. The van der Waals surface area contributed by atoms with Crippen LogP contribution in [-0.4, -0.2) is 11.4 Å². The molecular weight excluding hydrogens is 188 g/mol. The second kappa shape index (κ2) is 2.96. The van der Waals surface area contributed by atoms with Crippen molar-refractivity contribution < 1.29 is 9.53 Å². The quantitative estimate of drug-likeness (QED) is 0.643. The SMILES string of the molecule is O=C1CCC2(C=Cc3ccccc3O2)C1. The summed E-state index contributed by atoms with van der Waals surface area (Å²) in [7, 11) is 0. The molecule has 1 aliphatic heterocycles. The molecular formula is C13H12O2. The van der Waals surface area contributed by atoms with E-state index in [9.17, 15) is 4.79 Å². The summed E-state index contributed by atoms with van der Waals surface area (Å²) in [5.41, 5.74) is 0.758. The fourth-order valence-corrected chi connectivity index (χ4v) is 2.30. The first-order valence-corrected chi connectivity index (χ1v) is 5.26. The Kier molecular flexibility index (Phi) is 1.72. The minimum absolute atomic E-state index is 0.305. The van der Waals surface area contributed by atoms with Crippen LogP contribution in [0.25, 0.3) is 6.08 Å². The monoisotopic (exact) mass is 200 g/mol. The summed E-state index contributed by atoms with van der Waals surface area (Å²) in [6, 6.07) is 7.94. The number of hydrogen-bond donors (Lipinski definition) is 0. The molecule has 76 valence electrons. The first kappa shape index (κ1) is 8.72. The molecule has 0 bridgehead atoms. The summed E-state index contributed by atoms with van der Waals surface area (Å²) >= 11 is 0. The van der Waals surface area contributed by atoms with Gasteiger partial charge in [0.1, 0.15) is 17.1 Å². The molecule has 1 aliphatic carbocycles. The molecule has 2 aliphatic rings. The van der Waals surface area contributed by atoms with E-state index in [1.165, 1.54) is 0 Å². The Morgan fingerprint density at radius 2 is 2.13 bits per heavy atom. The Labute approximate surface area is 88.6 Å². The predicted octanol–water partition coefficient (Wildman–Crippen LogP) is 2.58. The molecule has 2 heteroatoms. The zero-order valence-electron chi connectivity index (χ0n) is 8.40. The number of Topliss-reactive ketones (excluding diaryl/α,β-unsaturated/α-hetero) is 1. The highest BCUT2D eigenvalue weighted by atomic mass is 16.5. The molecule has 1 saturated carbocycles. The van der Waals surface area contributed by atoms with Gasteiger partial charge in [0.05, 0.1) is 0 Å². The Hall–Kier alpha value is -1.57. The Morgan fingerprint density at radius 1 is 1.27 bits per heavy atom. The number of ketones is 1. The zero-order valence-corrected chi connectivity index (χ0v) is 8.40. The lowest BCUT2D eigenvalue weighted by atomic mass is 9.97. The minimum atomic E-state index is -0.342. The number of hydrogen-bond acceptors (Lipinski definition) is 2. The predicted molar refractivity (Wildman–Crippen MR) is 57.7 cm³/mol. The second-order valence-electron chi connectivity index (χ2n) is 4.25. The van der Waals surface area contributed by atoms with E-state index in [1.54, 1.807) is 0 Å². The van der Waals surface area contributed by atoms with Crippen LogP contribution >= 0.6 is 0 Å². The molecule has 0 N–H and O–H groups in total. The van der Waals surface area contributed by atoms with Gasteiger partial charge >= 0.3 is 0 Å². The van der Waals surface area contributed by atoms with E-state index in [0.29, 0.717) is 18.6 Å². The molecule has 0 aromatic heterocycles. The molecule has 1 aromatic rings. The maximum atomic E-state index is 11.3. The number of fused-ring (bicyclic) bond motifs is 1. The van der Waals surface area contributed by atoms with Gasteiger partial charge in [0, 0.05) is 18.4 Å². The summed E-state index contributed by atoms with van der Waals surface area (Å²) in [4.78, 5) is 11.3. The van der Waals surface area contributed by atoms with Crippen molar-refractivity contribution >= 4 is 11.9 Å².